The summed E-state index contributed by atoms with van der Waals surface area (Å²) in [5, 5.41) is 5.56. The second-order valence-electron chi connectivity index (χ2n) is 7.72. The molecule has 176 valence electrons. The summed E-state index contributed by atoms with van der Waals surface area (Å²) in [6.07, 6.45) is 0. The Kier molecular flexibility index (Phi) is 8.34. The van der Waals surface area contributed by atoms with Crippen molar-refractivity contribution in [3.05, 3.63) is 90.2 Å². The van der Waals surface area contributed by atoms with Gasteiger partial charge in [-0.3, -0.25) is 14.4 Å². The van der Waals surface area contributed by atoms with Crippen molar-refractivity contribution in [3.8, 4) is 0 Å². The number of carbonyl (C=O) groups is 3. The minimum absolute atomic E-state index is 0.178. The highest BCUT2D eigenvalue weighted by Crippen LogP contribution is 2.23. The zero-order valence-electron chi connectivity index (χ0n) is 19.0. The van der Waals surface area contributed by atoms with Crippen molar-refractivity contribution in [2.24, 2.45) is 0 Å². The molecule has 0 saturated carbocycles. The average molecular weight is 464 g/mol. The molecule has 7 nitrogen and oxygen atoms in total. The maximum Gasteiger partial charge on any atom is 0.325 e. The number of amides is 2. The number of ether oxygens (including phenoxy) is 1. The molecule has 0 aromatic heterocycles. The Labute approximate surface area is 197 Å². The predicted octanol–water partition coefficient (Wildman–Crippen LogP) is 4.28. The zero-order valence-corrected chi connectivity index (χ0v) is 19.0. The van der Waals surface area contributed by atoms with Crippen LogP contribution in [0.15, 0.2) is 78.9 Å². The minimum Gasteiger partial charge on any atom is -0.454 e. The highest BCUT2D eigenvalue weighted by molar-refractivity contribution is 5.97. The van der Waals surface area contributed by atoms with Gasteiger partial charge >= 0.3 is 5.97 Å². The lowest BCUT2D eigenvalue weighted by atomic mass is 10.2. The number of esters is 1. The molecule has 3 rings (SSSR count). The van der Waals surface area contributed by atoms with E-state index in [-0.39, 0.29) is 11.6 Å². The summed E-state index contributed by atoms with van der Waals surface area (Å²) in [6, 6.07) is 22.3. The van der Waals surface area contributed by atoms with Crippen molar-refractivity contribution < 1.29 is 23.5 Å². The fourth-order valence-electron chi connectivity index (χ4n) is 3.28. The second kappa shape index (κ2) is 11.6. The van der Waals surface area contributed by atoms with Gasteiger partial charge < -0.3 is 20.3 Å². The predicted molar refractivity (Wildman–Crippen MR) is 128 cm³/mol. The number of anilines is 3. The van der Waals surface area contributed by atoms with Crippen LogP contribution in [0.1, 0.15) is 24.2 Å². The number of nitrogens with one attached hydrogen (secondary N) is 2. The van der Waals surface area contributed by atoms with Gasteiger partial charge in [0, 0.05) is 23.1 Å². The molecule has 2 N–H and O–H groups in total. The lowest BCUT2D eigenvalue weighted by Gasteiger charge is -2.27. The Hall–Kier alpha value is -4.20. The number of benzene rings is 3. The number of hydrogen-bond donors (Lipinski definition) is 2. The first kappa shape index (κ1) is 24.4. The molecular weight excluding hydrogens is 437 g/mol. The molecular formula is C26H26FN3O4. The lowest BCUT2D eigenvalue weighted by Crippen LogP contribution is -2.40. The Morgan fingerprint density at radius 3 is 2.15 bits per heavy atom. The number of para-hydroxylation sites is 1. The van der Waals surface area contributed by atoms with E-state index in [1.807, 2.05) is 56.3 Å². The van der Waals surface area contributed by atoms with Gasteiger partial charge in [0.25, 0.3) is 11.8 Å². The molecule has 34 heavy (non-hydrogen) atoms. The van der Waals surface area contributed by atoms with E-state index in [2.05, 4.69) is 10.6 Å². The summed E-state index contributed by atoms with van der Waals surface area (Å²) in [4.78, 5) is 38.3. The monoisotopic (exact) mass is 463 g/mol. The van der Waals surface area contributed by atoms with Crippen LogP contribution in [0, 0.1) is 5.82 Å². The summed E-state index contributed by atoms with van der Waals surface area (Å²) in [7, 11) is 0. The molecule has 0 aliphatic rings. The van der Waals surface area contributed by atoms with Crippen LogP contribution >= 0.6 is 0 Å². The van der Waals surface area contributed by atoms with Crippen molar-refractivity contribution >= 4 is 34.8 Å². The number of rotatable bonds is 9. The van der Waals surface area contributed by atoms with Gasteiger partial charge in [-0.05, 0) is 62.4 Å². The van der Waals surface area contributed by atoms with Crippen LogP contribution in [0.25, 0.3) is 0 Å². The van der Waals surface area contributed by atoms with Crippen LogP contribution < -0.4 is 15.5 Å². The molecule has 0 spiro atoms. The molecule has 0 unspecified atom stereocenters. The molecule has 3 aromatic rings. The maximum absolute atomic E-state index is 13.6. The quantitative estimate of drug-likeness (QED) is 0.463. The van der Waals surface area contributed by atoms with Gasteiger partial charge in [0.2, 0.25) is 0 Å². The highest BCUT2D eigenvalue weighted by atomic mass is 19.1. The Morgan fingerprint density at radius 2 is 1.50 bits per heavy atom. The number of halogens is 1. The molecule has 3 aromatic carbocycles. The van der Waals surface area contributed by atoms with Gasteiger partial charge in [-0.1, -0.05) is 30.3 Å². The van der Waals surface area contributed by atoms with E-state index in [4.69, 9.17) is 4.74 Å². The van der Waals surface area contributed by atoms with Gasteiger partial charge in [-0.2, -0.15) is 0 Å². The minimum atomic E-state index is -0.802. The van der Waals surface area contributed by atoms with Crippen molar-refractivity contribution in [2.75, 3.05) is 23.4 Å². The molecule has 0 radical (unpaired) electrons. The van der Waals surface area contributed by atoms with Crippen LogP contribution in [-0.2, 0) is 14.3 Å². The van der Waals surface area contributed by atoms with E-state index in [1.54, 1.807) is 12.1 Å². The van der Waals surface area contributed by atoms with Crippen molar-refractivity contribution in [1.82, 2.24) is 5.32 Å². The largest absolute Gasteiger partial charge is 0.454 e. The third kappa shape index (κ3) is 6.65. The summed E-state index contributed by atoms with van der Waals surface area (Å²) in [5.41, 5.74) is 2.29. The second-order valence-corrected chi connectivity index (χ2v) is 7.72. The Morgan fingerprint density at radius 1 is 0.882 bits per heavy atom. The van der Waals surface area contributed by atoms with E-state index in [9.17, 15) is 18.8 Å². The molecule has 0 aliphatic heterocycles. The molecule has 8 heteroatoms. The van der Waals surface area contributed by atoms with Crippen LogP contribution in [-0.4, -0.2) is 37.0 Å². The van der Waals surface area contributed by atoms with Crippen molar-refractivity contribution in [1.29, 1.82) is 0 Å². The van der Waals surface area contributed by atoms with E-state index in [0.29, 0.717) is 5.69 Å². The number of nitrogens with zero attached hydrogens (tertiary/aromatic N) is 1. The average Bonchev–Trinajstić information content (AvgIpc) is 2.83. The fraction of sp³-hybridized carbons (Fsp3) is 0.192. The van der Waals surface area contributed by atoms with Crippen molar-refractivity contribution in [3.63, 3.8) is 0 Å². The zero-order chi connectivity index (χ0) is 24.5. The molecule has 0 fully saturated rings. The van der Waals surface area contributed by atoms with Gasteiger partial charge in [-0.15, -0.1) is 0 Å². The first-order valence-electron chi connectivity index (χ1n) is 10.8. The van der Waals surface area contributed by atoms with E-state index in [0.717, 1.165) is 17.4 Å². The molecule has 2 amide bonds. The number of hydrogen-bond acceptors (Lipinski definition) is 5. The Balaban J connectivity index is 1.53. The van der Waals surface area contributed by atoms with Crippen LogP contribution in [0.2, 0.25) is 0 Å². The van der Waals surface area contributed by atoms with Crippen molar-refractivity contribution in [2.45, 2.75) is 19.9 Å². The van der Waals surface area contributed by atoms with E-state index < -0.39 is 36.8 Å². The van der Waals surface area contributed by atoms with Crippen LogP contribution in [0.4, 0.5) is 21.5 Å². The molecule has 0 saturated heterocycles. The summed E-state index contributed by atoms with van der Waals surface area (Å²) in [6.45, 7) is 2.73. The molecule has 0 bridgehead atoms. The first-order valence-corrected chi connectivity index (χ1v) is 10.8. The first-order chi connectivity index (χ1) is 16.3. The van der Waals surface area contributed by atoms with Crippen LogP contribution in [0.5, 0.6) is 0 Å². The van der Waals surface area contributed by atoms with Crippen LogP contribution in [0.3, 0.4) is 0 Å². The van der Waals surface area contributed by atoms with Gasteiger partial charge in [-0.25, -0.2) is 4.39 Å². The Bertz CT molecular complexity index is 1130. The van der Waals surface area contributed by atoms with E-state index in [1.165, 1.54) is 23.1 Å². The third-order valence-corrected chi connectivity index (χ3v) is 4.86. The third-order valence-electron chi connectivity index (χ3n) is 4.86. The van der Waals surface area contributed by atoms with Gasteiger partial charge in [0.15, 0.2) is 6.61 Å². The highest BCUT2D eigenvalue weighted by Gasteiger charge is 2.21. The standard InChI is InChI=1S/C26H26FN3O4/c1-18(2)30(21-14-12-20(13-15-21)29-19-8-4-3-5-9-19)24(31)17-34-25(32)16-28-26(33)22-10-6-7-11-23(22)27/h3-15,18,29H,16-17H2,1-2H3,(H,28,33). The smallest absolute Gasteiger partial charge is 0.325 e. The van der Waals surface area contributed by atoms with E-state index >= 15 is 0 Å². The normalized spacial score (nSPS) is 10.5. The summed E-state index contributed by atoms with van der Waals surface area (Å²) < 4.78 is 18.7. The SMILES string of the molecule is CC(C)N(C(=O)COC(=O)CNC(=O)c1ccccc1F)c1ccc(Nc2ccccc2)cc1. The molecule has 0 aliphatic carbocycles. The maximum atomic E-state index is 13.6. The summed E-state index contributed by atoms with van der Waals surface area (Å²) in [5.74, 6) is -2.65. The van der Waals surface area contributed by atoms with Gasteiger partial charge in [0.05, 0.1) is 5.56 Å². The molecule has 0 atom stereocenters. The fourth-order valence-corrected chi connectivity index (χ4v) is 3.28. The topological polar surface area (TPSA) is 87.7 Å². The lowest BCUT2D eigenvalue weighted by molar-refractivity contribution is -0.146. The summed E-state index contributed by atoms with van der Waals surface area (Å²) >= 11 is 0. The molecule has 0 heterocycles. The number of carbonyl (C=O) groups excluding carboxylic acids is 3. The van der Waals surface area contributed by atoms with Gasteiger partial charge in [0.1, 0.15) is 12.4 Å².